The van der Waals surface area contributed by atoms with Crippen LogP contribution in [0.4, 0.5) is 5.69 Å². The van der Waals surface area contributed by atoms with E-state index < -0.39 is 5.97 Å². The van der Waals surface area contributed by atoms with Gasteiger partial charge in [0.25, 0.3) is 5.91 Å². The summed E-state index contributed by atoms with van der Waals surface area (Å²) in [6.45, 7) is 2.46. The van der Waals surface area contributed by atoms with Crippen LogP contribution >= 0.6 is 27.3 Å². The number of carbonyl (C=O) groups excluding carboxylic acids is 2. The van der Waals surface area contributed by atoms with Crippen LogP contribution in [0, 0.1) is 0 Å². The Hall–Kier alpha value is -1.67. The van der Waals surface area contributed by atoms with E-state index >= 15 is 0 Å². The topological polar surface area (TPSA) is 73.2 Å². The van der Waals surface area contributed by atoms with Crippen molar-refractivity contribution in [3.8, 4) is 0 Å². The number of hydrogen-bond donors (Lipinski definition) is 1. The van der Waals surface area contributed by atoms with Gasteiger partial charge in [-0.2, -0.15) is 5.10 Å². The summed E-state index contributed by atoms with van der Waals surface area (Å²) in [6.07, 6.45) is 1.56. The maximum absolute atomic E-state index is 12.3. The number of anilines is 1. The molecule has 2 aromatic heterocycles. The summed E-state index contributed by atoms with van der Waals surface area (Å²) in [5.41, 5.74) is 0.845. The third kappa shape index (κ3) is 2.75. The number of hydrogen-bond acceptors (Lipinski definition) is 5. The van der Waals surface area contributed by atoms with Gasteiger partial charge in [-0.3, -0.25) is 9.48 Å². The Morgan fingerprint density at radius 3 is 2.95 bits per heavy atom. The first-order valence-electron chi connectivity index (χ1n) is 5.77. The Labute approximate surface area is 127 Å². The van der Waals surface area contributed by atoms with Crippen molar-refractivity contribution in [3.05, 3.63) is 32.7 Å². The van der Waals surface area contributed by atoms with Gasteiger partial charge in [-0.25, -0.2) is 4.79 Å². The number of methoxy groups -OCH3 is 1. The molecule has 6 nitrogen and oxygen atoms in total. The number of rotatable bonds is 4. The van der Waals surface area contributed by atoms with E-state index in [1.165, 1.54) is 18.4 Å². The number of nitrogens with zero attached hydrogens (tertiary/aromatic N) is 2. The fourth-order valence-corrected chi connectivity index (χ4v) is 2.91. The molecule has 0 spiro atoms. The lowest BCUT2D eigenvalue weighted by molar-refractivity contribution is 0.0607. The number of ether oxygens (including phenoxy) is 1. The molecule has 0 aliphatic carbocycles. The molecule has 0 aliphatic heterocycles. The summed E-state index contributed by atoms with van der Waals surface area (Å²) >= 11 is 4.50. The van der Waals surface area contributed by atoms with Gasteiger partial charge in [0.05, 0.1) is 23.5 Å². The molecule has 0 aliphatic rings. The zero-order valence-electron chi connectivity index (χ0n) is 10.8. The first kappa shape index (κ1) is 14.7. The summed E-state index contributed by atoms with van der Waals surface area (Å²) in [5, 5.41) is 8.50. The lowest BCUT2D eigenvalue weighted by Gasteiger charge is -2.07. The highest BCUT2D eigenvalue weighted by molar-refractivity contribution is 9.10. The van der Waals surface area contributed by atoms with Gasteiger partial charge in [-0.1, -0.05) is 0 Å². The second-order valence-electron chi connectivity index (χ2n) is 3.77. The van der Waals surface area contributed by atoms with Crippen LogP contribution in [0.5, 0.6) is 0 Å². The maximum atomic E-state index is 12.3. The molecule has 0 saturated heterocycles. The molecule has 8 heteroatoms. The zero-order valence-corrected chi connectivity index (χ0v) is 13.2. The van der Waals surface area contributed by atoms with Gasteiger partial charge >= 0.3 is 5.97 Å². The van der Waals surface area contributed by atoms with E-state index in [9.17, 15) is 9.59 Å². The van der Waals surface area contributed by atoms with E-state index in [1.54, 1.807) is 22.3 Å². The molecule has 0 radical (unpaired) electrons. The fourth-order valence-electron chi connectivity index (χ4n) is 1.67. The summed E-state index contributed by atoms with van der Waals surface area (Å²) in [7, 11) is 1.30. The Bertz CT molecular complexity index is 650. The first-order chi connectivity index (χ1) is 9.58. The van der Waals surface area contributed by atoms with Crippen molar-refractivity contribution in [2.75, 3.05) is 12.4 Å². The van der Waals surface area contributed by atoms with Crippen LogP contribution in [0.1, 0.15) is 27.1 Å². The van der Waals surface area contributed by atoms with Gasteiger partial charge in [0.2, 0.25) is 0 Å². The molecular formula is C12H12BrN3O3S. The van der Waals surface area contributed by atoms with Gasteiger partial charge < -0.3 is 10.1 Å². The molecule has 0 fully saturated rings. The van der Waals surface area contributed by atoms with Gasteiger partial charge in [-0.15, -0.1) is 11.3 Å². The van der Waals surface area contributed by atoms with Crippen molar-refractivity contribution < 1.29 is 14.3 Å². The number of amides is 1. The minimum Gasteiger partial charge on any atom is -0.465 e. The first-order valence-corrected chi connectivity index (χ1v) is 7.44. The molecule has 0 unspecified atom stereocenters. The number of aryl methyl sites for hydroxylation is 1. The smallest absolute Gasteiger partial charge is 0.350 e. The van der Waals surface area contributed by atoms with Crippen molar-refractivity contribution in [2.24, 2.45) is 0 Å². The Kier molecular flexibility index (Phi) is 4.56. The third-order valence-electron chi connectivity index (χ3n) is 2.59. The Morgan fingerprint density at radius 1 is 1.55 bits per heavy atom. The van der Waals surface area contributed by atoms with E-state index in [0.717, 1.165) is 0 Å². The van der Waals surface area contributed by atoms with Crippen LogP contribution in [0.2, 0.25) is 0 Å². The molecule has 2 heterocycles. The van der Waals surface area contributed by atoms with E-state index in [-0.39, 0.29) is 5.91 Å². The quantitative estimate of drug-likeness (QED) is 0.853. The second-order valence-corrected chi connectivity index (χ2v) is 5.54. The molecule has 20 heavy (non-hydrogen) atoms. The van der Waals surface area contributed by atoms with Gasteiger partial charge in [-0.05, 0) is 34.3 Å². The molecule has 1 N–H and O–H groups in total. The zero-order chi connectivity index (χ0) is 14.7. The third-order valence-corrected chi connectivity index (χ3v) is 4.07. The molecule has 1 amide bonds. The second kappa shape index (κ2) is 6.19. The summed E-state index contributed by atoms with van der Waals surface area (Å²) in [4.78, 5) is 24.2. The van der Waals surface area contributed by atoms with E-state index in [4.69, 9.17) is 0 Å². The molecule has 2 aromatic rings. The van der Waals surface area contributed by atoms with E-state index in [0.29, 0.717) is 27.3 Å². The number of esters is 1. The highest BCUT2D eigenvalue weighted by Gasteiger charge is 2.20. The number of carbonyl (C=O) groups is 2. The van der Waals surface area contributed by atoms with Crippen LogP contribution in [0.25, 0.3) is 0 Å². The lowest BCUT2D eigenvalue weighted by Crippen LogP contribution is -2.19. The highest BCUT2D eigenvalue weighted by atomic mass is 79.9. The van der Waals surface area contributed by atoms with Crippen molar-refractivity contribution in [3.63, 3.8) is 0 Å². The number of aromatic nitrogens is 2. The summed E-state index contributed by atoms with van der Waals surface area (Å²) in [6, 6.07) is 1.66. The minimum absolute atomic E-state index is 0.334. The number of halogens is 1. The Morgan fingerprint density at radius 2 is 2.30 bits per heavy atom. The monoisotopic (exact) mass is 357 g/mol. The average molecular weight is 358 g/mol. The molecule has 2 rings (SSSR count). The molecule has 0 saturated carbocycles. The van der Waals surface area contributed by atoms with Crippen LogP contribution in [-0.4, -0.2) is 28.8 Å². The molecule has 106 valence electrons. The minimum atomic E-state index is -0.474. The Balaban J connectivity index is 2.26. The average Bonchev–Trinajstić information content (AvgIpc) is 3.04. The molecule has 0 aromatic carbocycles. The lowest BCUT2D eigenvalue weighted by atomic mass is 10.3. The summed E-state index contributed by atoms with van der Waals surface area (Å²) in [5.74, 6) is -0.807. The SMILES string of the molecule is CCn1ncc(Br)c1C(=O)Nc1ccsc1C(=O)OC. The molecule has 0 bridgehead atoms. The normalized spacial score (nSPS) is 10.3. The van der Waals surface area contributed by atoms with E-state index in [1.807, 2.05) is 6.92 Å². The van der Waals surface area contributed by atoms with Crippen LogP contribution in [-0.2, 0) is 11.3 Å². The highest BCUT2D eigenvalue weighted by Crippen LogP contribution is 2.25. The standard InChI is InChI=1S/C12H12BrN3O3S/c1-3-16-9(7(13)6-14-16)11(17)15-8-4-5-20-10(8)12(18)19-2/h4-6H,3H2,1-2H3,(H,15,17). The van der Waals surface area contributed by atoms with Gasteiger partial charge in [0, 0.05) is 6.54 Å². The number of thiophene rings is 1. The van der Waals surface area contributed by atoms with Crippen molar-refractivity contribution >= 4 is 44.8 Å². The van der Waals surface area contributed by atoms with Crippen LogP contribution in [0.3, 0.4) is 0 Å². The fraction of sp³-hybridized carbons (Fsp3) is 0.250. The van der Waals surface area contributed by atoms with Crippen molar-refractivity contribution in [2.45, 2.75) is 13.5 Å². The van der Waals surface area contributed by atoms with Crippen molar-refractivity contribution in [1.82, 2.24) is 9.78 Å². The maximum Gasteiger partial charge on any atom is 0.350 e. The van der Waals surface area contributed by atoms with Crippen LogP contribution in [0.15, 0.2) is 22.1 Å². The predicted molar refractivity (Wildman–Crippen MR) is 79.2 cm³/mol. The van der Waals surface area contributed by atoms with Gasteiger partial charge in [0.1, 0.15) is 10.6 Å². The number of nitrogens with one attached hydrogen (secondary N) is 1. The largest absolute Gasteiger partial charge is 0.465 e. The predicted octanol–water partition coefficient (Wildman–Crippen LogP) is 2.77. The van der Waals surface area contributed by atoms with Crippen LogP contribution < -0.4 is 5.32 Å². The summed E-state index contributed by atoms with van der Waals surface area (Å²) < 4.78 is 6.85. The van der Waals surface area contributed by atoms with E-state index in [2.05, 4.69) is 31.1 Å². The molecular weight excluding hydrogens is 346 g/mol. The van der Waals surface area contributed by atoms with Crippen molar-refractivity contribution in [1.29, 1.82) is 0 Å². The van der Waals surface area contributed by atoms with Gasteiger partial charge in [0.15, 0.2) is 0 Å². The molecule has 0 atom stereocenters.